The molecule has 0 N–H and O–H groups in total. The van der Waals surface area contributed by atoms with Gasteiger partial charge in [-0.05, 0) is 61.2 Å². The Morgan fingerprint density at radius 2 is 1.75 bits per heavy atom. The van der Waals surface area contributed by atoms with E-state index in [1.807, 2.05) is 5.92 Å². The van der Waals surface area contributed by atoms with Crippen molar-refractivity contribution in [2.75, 3.05) is 0 Å². The van der Waals surface area contributed by atoms with Gasteiger partial charge in [0.2, 0.25) is 0 Å². The minimum absolute atomic E-state index is 0.607. The van der Waals surface area contributed by atoms with Crippen LogP contribution in [0.1, 0.15) is 79.6 Å². The largest absolute Gasteiger partial charge is 0.116 e. The van der Waals surface area contributed by atoms with E-state index in [1.54, 1.807) is 6.42 Å². The number of hydrogen-bond donors (Lipinski definition) is 0. The quantitative estimate of drug-likeness (QED) is 0.484. The Kier molecular flexibility index (Phi) is 2.56. The van der Waals surface area contributed by atoms with Crippen molar-refractivity contribution in [3.05, 3.63) is 5.92 Å². The molecule has 1 spiro atoms. The summed E-state index contributed by atoms with van der Waals surface area (Å²) in [6.45, 7) is 12.9. The normalized spacial score (nSPS) is 56.5. The minimum atomic E-state index is 0.607. The van der Waals surface area contributed by atoms with Crippen molar-refractivity contribution in [3.63, 3.8) is 0 Å². The van der Waals surface area contributed by atoms with E-state index in [-0.39, 0.29) is 0 Å². The Morgan fingerprint density at radius 3 is 2.40 bits per heavy atom. The third-order valence-corrected chi connectivity index (χ3v) is 8.74. The Balaban J connectivity index is 1.74. The van der Waals surface area contributed by atoms with Crippen LogP contribution in [0.2, 0.25) is 0 Å². The van der Waals surface area contributed by atoms with Gasteiger partial charge in [0.25, 0.3) is 0 Å². The fourth-order valence-electron chi connectivity index (χ4n) is 8.08. The van der Waals surface area contributed by atoms with E-state index >= 15 is 0 Å². The van der Waals surface area contributed by atoms with Crippen molar-refractivity contribution < 1.29 is 0 Å². The molecule has 4 aliphatic carbocycles. The first-order chi connectivity index (χ1) is 9.31. The second-order valence-corrected chi connectivity index (χ2v) is 9.89. The standard InChI is InChI=1S/C20H33/c1-13-6-7-14(2)20(13)9-8-15-16(20)12-19(5)11-10-18(3,4)17(15)19/h13,15-17H,6-12H2,1-5H3/q+1/t13-,15-,16-,17-,19-,20-/m1/s1. The third kappa shape index (κ3) is 1.37. The molecule has 0 amide bonds. The van der Waals surface area contributed by atoms with Gasteiger partial charge < -0.3 is 0 Å². The summed E-state index contributed by atoms with van der Waals surface area (Å²) in [6.07, 6.45) is 10.5. The summed E-state index contributed by atoms with van der Waals surface area (Å²) >= 11 is 0. The van der Waals surface area contributed by atoms with E-state index < -0.39 is 0 Å². The van der Waals surface area contributed by atoms with Crippen molar-refractivity contribution in [2.24, 2.45) is 39.9 Å². The van der Waals surface area contributed by atoms with Crippen LogP contribution in [0.3, 0.4) is 0 Å². The lowest BCUT2D eigenvalue weighted by molar-refractivity contribution is 0.122. The average molecular weight is 273 g/mol. The molecule has 112 valence electrons. The lowest BCUT2D eigenvalue weighted by Crippen LogP contribution is -2.34. The zero-order valence-electron chi connectivity index (χ0n) is 14.3. The summed E-state index contributed by atoms with van der Waals surface area (Å²) in [5, 5.41) is 0. The third-order valence-electron chi connectivity index (χ3n) is 8.74. The Hall–Kier alpha value is -0.130. The van der Waals surface area contributed by atoms with Crippen LogP contribution < -0.4 is 0 Å². The highest BCUT2D eigenvalue weighted by Gasteiger charge is 2.72. The Bertz CT molecular complexity index is 410. The number of rotatable bonds is 0. The van der Waals surface area contributed by atoms with Crippen LogP contribution in [0.15, 0.2) is 0 Å². The zero-order valence-corrected chi connectivity index (χ0v) is 14.3. The van der Waals surface area contributed by atoms with Gasteiger partial charge in [0.1, 0.15) is 5.41 Å². The van der Waals surface area contributed by atoms with E-state index in [0.717, 1.165) is 23.7 Å². The van der Waals surface area contributed by atoms with Gasteiger partial charge in [-0.25, -0.2) is 0 Å². The highest BCUT2D eigenvalue weighted by Crippen LogP contribution is 2.76. The van der Waals surface area contributed by atoms with E-state index in [0.29, 0.717) is 16.2 Å². The van der Waals surface area contributed by atoms with Crippen molar-refractivity contribution in [1.29, 1.82) is 0 Å². The maximum Gasteiger partial charge on any atom is 0.116 e. The average Bonchev–Trinajstić information content (AvgIpc) is 3.00. The van der Waals surface area contributed by atoms with Gasteiger partial charge in [0, 0.05) is 11.8 Å². The summed E-state index contributed by atoms with van der Waals surface area (Å²) in [7, 11) is 0. The topological polar surface area (TPSA) is 0 Å². The van der Waals surface area contributed by atoms with Crippen molar-refractivity contribution in [3.8, 4) is 0 Å². The first-order valence-electron chi connectivity index (χ1n) is 9.14. The van der Waals surface area contributed by atoms with Gasteiger partial charge in [0.05, 0.1) is 19.3 Å². The van der Waals surface area contributed by atoms with Gasteiger partial charge in [-0.2, -0.15) is 0 Å². The maximum atomic E-state index is 2.65. The molecule has 0 aliphatic heterocycles. The van der Waals surface area contributed by atoms with E-state index in [4.69, 9.17) is 0 Å². The zero-order chi connectivity index (χ0) is 14.3. The summed E-state index contributed by atoms with van der Waals surface area (Å²) in [5.74, 6) is 5.95. The van der Waals surface area contributed by atoms with Crippen molar-refractivity contribution in [2.45, 2.75) is 79.6 Å². The van der Waals surface area contributed by atoms with Gasteiger partial charge in [0.15, 0.2) is 0 Å². The lowest BCUT2D eigenvalue weighted by atomic mass is 9.64. The summed E-state index contributed by atoms with van der Waals surface area (Å²) < 4.78 is 0. The van der Waals surface area contributed by atoms with Gasteiger partial charge >= 0.3 is 0 Å². The summed E-state index contributed by atoms with van der Waals surface area (Å²) in [6, 6.07) is 0. The predicted octanol–water partition coefficient (Wildman–Crippen LogP) is 5.87. The molecule has 4 aliphatic rings. The van der Waals surface area contributed by atoms with Crippen LogP contribution in [0.4, 0.5) is 0 Å². The molecule has 0 heteroatoms. The maximum absolute atomic E-state index is 2.65. The molecule has 0 nitrogen and oxygen atoms in total. The molecule has 4 saturated carbocycles. The van der Waals surface area contributed by atoms with Crippen LogP contribution in [0.5, 0.6) is 0 Å². The molecule has 0 aromatic rings. The molecule has 4 fully saturated rings. The SMILES string of the molecule is C[C+]1CC[C@@H](C)[C@]12CC[C@H]1[C@@H]3C(C)(C)CC[C@]3(C)C[C@H]12. The van der Waals surface area contributed by atoms with Gasteiger partial charge in [-0.1, -0.05) is 27.7 Å². The molecule has 0 bridgehead atoms. The predicted molar refractivity (Wildman–Crippen MR) is 85.2 cm³/mol. The van der Waals surface area contributed by atoms with E-state index in [2.05, 4.69) is 34.6 Å². The fourth-order valence-corrected chi connectivity index (χ4v) is 8.08. The van der Waals surface area contributed by atoms with Crippen molar-refractivity contribution in [1.82, 2.24) is 0 Å². The summed E-state index contributed by atoms with van der Waals surface area (Å²) in [4.78, 5) is 0. The molecule has 0 aromatic carbocycles. The van der Waals surface area contributed by atoms with E-state index in [1.165, 1.54) is 38.5 Å². The molecule has 4 rings (SSSR count). The molecule has 6 atom stereocenters. The van der Waals surface area contributed by atoms with Crippen LogP contribution in [0.25, 0.3) is 0 Å². The first-order valence-corrected chi connectivity index (χ1v) is 9.14. The second kappa shape index (κ2) is 3.79. The smallest absolute Gasteiger partial charge is 0.0596 e. The molecule has 0 unspecified atom stereocenters. The van der Waals surface area contributed by atoms with Gasteiger partial charge in [-0.15, -0.1) is 0 Å². The van der Waals surface area contributed by atoms with Crippen LogP contribution in [0, 0.1) is 45.8 Å². The lowest BCUT2D eigenvalue weighted by Gasteiger charge is -2.35. The minimum Gasteiger partial charge on any atom is -0.0596 e. The molecular weight excluding hydrogens is 240 g/mol. The molecule has 0 aromatic heterocycles. The number of fused-ring (bicyclic) bond motifs is 4. The highest BCUT2D eigenvalue weighted by molar-refractivity contribution is 5.23. The molecule has 0 saturated heterocycles. The van der Waals surface area contributed by atoms with Crippen LogP contribution >= 0.6 is 0 Å². The van der Waals surface area contributed by atoms with Crippen molar-refractivity contribution >= 4 is 0 Å². The molecule has 0 heterocycles. The first kappa shape index (κ1) is 13.5. The Labute approximate surface area is 126 Å². The molecule has 20 heavy (non-hydrogen) atoms. The van der Waals surface area contributed by atoms with Crippen LogP contribution in [-0.4, -0.2) is 0 Å². The van der Waals surface area contributed by atoms with Gasteiger partial charge in [-0.3, -0.25) is 0 Å². The summed E-state index contributed by atoms with van der Waals surface area (Å²) in [5.41, 5.74) is 1.94. The molecular formula is C20H33+. The monoisotopic (exact) mass is 273 g/mol. The Morgan fingerprint density at radius 1 is 1.00 bits per heavy atom. The van der Waals surface area contributed by atoms with Crippen LogP contribution in [-0.2, 0) is 0 Å². The highest BCUT2D eigenvalue weighted by atomic mass is 14.7. The fraction of sp³-hybridized carbons (Fsp3) is 0.950. The number of hydrogen-bond acceptors (Lipinski definition) is 0. The van der Waals surface area contributed by atoms with E-state index in [9.17, 15) is 0 Å². The molecule has 0 radical (unpaired) electrons. The second-order valence-electron chi connectivity index (χ2n) is 9.89.